The van der Waals surface area contributed by atoms with E-state index < -0.39 is 0 Å². The van der Waals surface area contributed by atoms with Gasteiger partial charge in [-0.05, 0) is 23.6 Å². The predicted octanol–water partition coefficient (Wildman–Crippen LogP) is 2.17. The van der Waals surface area contributed by atoms with Crippen molar-refractivity contribution in [1.82, 2.24) is 0 Å². The zero-order valence-corrected chi connectivity index (χ0v) is 8.91. The zero-order chi connectivity index (χ0) is 10.6. The summed E-state index contributed by atoms with van der Waals surface area (Å²) in [6.45, 7) is 4.34. The van der Waals surface area contributed by atoms with Gasteiger partial charge in [0.15, 0.2) is 5.96 Å². The SMILES string of the molecule is CN=C(N)Nc1ccc(C(C)C)cc1. The van der Waals surface area contributed by atoms with Crippen LogP contribution in [0, 0.1) is 0 Å². The number of nitrogens with one attached hydrogen (secondary N) is 1. The van der Waals surface area contributed by atoms with Crippen LogP contribution in [0.1, 0.15) is 25.3 Å². The molecule has 0 spiro atoms. The van der Waals surface area contributed by atoms with E-state index in [2.05, 4.69) is 36.3 Å². The molecular weight excluding hydrogens is 174 g/mol. The molecule has 0 heterocycles. The number of rotatable bonds is 2. The number of benzene rings is 1. The maximum absolute atomic E-state index is 5.54. The zero-order valence-electron chi connectivity index (χ0n) is 8.91. The van der Waals surface area contributed by atoms with Crippen molar-refractivity contribution >= 4 is 11.6 Å². The summed E-state index contributed by atoms with van der Waals surface area (Å²) in [6, 6.07) is 8.20. The van der Waals surface area contributed by atoms with E-state index in [1.807, 2.05) is 12.1 Å². The van der Waals surface area contributed by atoms with E-state index >= 15 is 0 Å². The molecule has 1 aromatic carbocycles. The average molecular weight is 191 g/mol. The van der Waals surface area contributed by atoms with Crippen molar-refractivity contribution in [3.05, 3.63) is 29.8 Å². The Balaban J connectivity index is 2.74. The lowest BCUT2D eigenvalue weighted by Crippen LogP contribution is -2.21. The molecule has 0 saturated carbocycles. The van der Waals surface area contributed by atoms with Gasteiger partial charge in [0.1, 0.15) is 0 Å². The quantitative estimate of drug-likeness (QED) is 0.556. The third-order valence-corrected chi connectivity index (χ3v) is 2.09. The number of nitrogens with two attached hydrogens (primary N) is 1. The van der Waals surface area contributed by atoms with Gasteiger partial charge in [0.05, 0.1) is 0 Å². The van der Waals surface area contributed by atoms with Crippen molar-refractivity contribution < 1.29 is 0 Å². The van der Waals surface area contributed by atoms with Crippen LogP contribution in [0.2, 0.25) is 0 Å². The molecule has 0 atom stereocenters. The molecule has 76 valence electrons. The second-order valence-corrected chi connectivity index (χ2v) is 3.51. The minimum atomic E-state index is 0.433. The minimum Gasteiger partial charge on any atom is -0.370 e. The summed E-state index contributed by atoms with van der Waals surface area (Å²) >= 11 is 0. The molecule has 0 bridgehead atoms. The lowest BCUT2D eigenvalue weighted by molar-refractivity contribution is 0.867. The van der Waals surface area contributed by atoms with Gasteiger partial charge >= 0.3 is 0 Å². The van der Waals surface area contributed by atoms with Crippen LogP contribution in [-0.4, -0.2) is 13.0 Å². The number of hydrogen-bond donors (Lipinski definition) is 2. The van der Waals surface area contributed by atoms with Crippen molar-refractivity contribution in [2.24, 2.45) is 10.7 Å². The van der Waals surface area contributed by atoms with Gasteiger partial charge in [-0.3, -0.25) is 4.99 Å². The van der Waals surface area contributed by atoms with Gasteiger partial charge < -0.3 is 11.1 Å². The Morgan fingerprint density at radius 2 is 1.86 bits per heavy atom. The van der Waals surface area contributed by atoms with Crippen LogP contribution in [0.4, 0.5) is 5.69 Å². The van der Waals surface area contributed by atoms with Crippen molar-refractivity contribution in [2.75, 3.05) is 12.4 Å². The molecule has 0 aliphatic heterocycles. The highest BCUT2D eigenvalue weighted by Crippen LogP contribution is 2.16. The van der Waals surface area contributed by atoms with Crippen molar-refractivity contribution in [1.29, 1.82) is 0 Å². The first-order valence-corrected chi connectivity index (χ1v) is 4.72. The van der Waals surface area contributed by atoms with Crippen LogP contribution in [0.5, 0.6) is 0 Å². The summed E-state index contributed by atoms with van der Waals surface area (Å²) in [6.07, 6.45) is 0. The molecule has 3 heteroatoms. The molecule has 0 radical (unpaired) electrons. The van der Waals surface area contributed by atoms with E-state index in [-0.39, 0.29) is 0 Å². The Morgan fingerprint density at radius 1 is 1.29 bits per heavy atom. The molecule has 0 aromatic heterocycles. The highest BCUT2D eigenvalue weighted by Gasteiger charge is 1.98. The fourth-order valence-electron chi connectivity index (χ4n) is 1.16. The number of hydrogen-bond acceptors (Lipinski definition) is 1. The van der Waals surface area contributed by atoms with Gasteiger partial charge in [-0.2, -0.15) is 0 Å². The van der Waals surface area contributed by atoms with E-state index in [0.717, 1.165) is 5.69 Å². The topological polar surface area (TPSA) is 50.4 Å². The van der Waals surface area contributed by atoms with E-state index in [0.29, 0.717) is 11.9 Å². The Kier molecular flexibility index (Phi) is 3.51. The van der Waals surface area contributed by atoms with Crippen molar-refractivity contribution in [3.8, 4) is 0 Å². The summed E-state index contributed by atoms with van der Waals surface area (Å²) in [4.78, 5) is 3.82. The molecule has 1 aromatic rings. The molecule has 0 saturated heterocycles. The molecule has 14 heavy (non-hydrogen) atoms. The normalized spacial score (nSPS) is 11.9. The molecule has 0 amide bonds. The van der Waals surface area contributed by atoms with Crippen molar-refractivity contribution in [2.45, 2.75) is 19.8 Å². The molecule has 0 fully saturated rings. The molecular formula is C11H17N3. The summed E-state index contributed by atoms with van der Waals surface area (Å²) in [5, 5.41) is 2.99. The fourth-order valence-corrected chi connectivity index (χ4v) is 1.16. The van der Waals surface area contributed by atoms with Gasteiger partial charge in [-0.25, -0.2) is 0 Å². The Bertz CT molecular complexity index is 312. The molecule has 1 rings (SSSR count). The number of aliphatic imine (C=N–C) groups is 1. The lowest BCUT2D eigenvalue weighted by Gasteiger charge is -2.08. The molecule has 0 unspecified atom stereocenters. The van der Waals surface area contributed by atoms with E-state index in [1.165, 1.54) is 5.56 Å². The summed E-state index contributed by atoms with van der Waals surface area (Å²) in [5.74, 6) is 0.989. The van der Waals surface area contributed by atoms with E-state index in [9.17, 15) is 0 Å². The monoisotopic (exact) mass is 191 g/mol. The number of guanidine groups is 1. The Morgan fingerprint density at radius 3 is 2.29 bits per heavy atom. The summed E-state index contributed by atoms with van der Waals surface area (Å²) in [5.41, 5.74) is 7.83. The van der Waals surface area contributed by atoms with Crippen LogP contribution in [0.25, 0.3) is 0 Å². The Labute approximate surface area is 85.0 Å². The maximum Gasteiger partial charge on any atom is 0.192 e. The first kappa shape index (κ1) is 10.6. The molecule has 3 nitrogen and oxygen atoms in total. The maximum atomic E-state index is 5.54. The molecule has 0 aliphatic rings. The predicted molar refractivity (Wildman–Crippen MR) is 61.7 cm³/mol. The first-order chi connectivity index (χ1) is 6.63. The number of anilines is 1. The van der Waals surface area contributed by atoms with Crippen molar-refractivity contribution in [3.63, 3.8) is 0 Å². The standard InChI is InChI=1S/C11H17N3/c1-8(2)9-4-6-10(7-5-9)14-11(12)13-3/h4-8H,1-3H3,(H3,12,13,14). The average Bonchev–Trinajstić information content (AvgIpc) is 2.18. The highest BCUT2D eigenvalue weighted by molar-refractivity contribution is 5.92. The minimum absolute atomic E-state index is 0.433. The smallest absolute Gasteiger partial charge is 0.192 e. The fraction of sp³-hybridized carbons (Fsp3) is 0.364. The van der Waals surface area contributed by atoms with Gasteiger partial charge in [0, 0.05) is 12.7 Å². The second kappa shape index (κ2) is 4.65. The van der Waals surface area contributed by atoms with Crippen LogP contribution in [0.15, 0.2) is 29.3 Å². The molecule has 0 aliphatic carbocycles. The van der Waals surface area contributed by atoms with Gasteiger partial charge in [0.25, 0.3) is 0 Å². The van der Waals surface area contributed by atoms with Gasteiger partial charge in [-0.1, -0.05) is 26.0 Å². The first-order valence-electron chi connectivity index (χ1n) is 4.72. The largest absolute Gasteiger partial charge is 0.370 e. The summed E-state index contributed by atoms with van der Waals surface area (Å²) < 4.78 is 0. The lowest BCUT2D eigenvalue weighted by atomic mass is 10.0. The van der Waals surface area contributed by atoms with Crippen LogP contribution in [0.3, 0.4) is 0 Å². The van der Waals surface area contributed by atoms with Crippen LogP contribution < -0.4 is 11.1 Å². The molecule has 3 N–H and O–H groups in total. The number of nitrogens with zero attached hydrogens (tertiary/aromatic N) is 1. The van der Waals surface area contributed by atoms with Crippen LogP contribution in [-0.2, 0) is 0 Å². The highest BCUT2D eigenvalue weighted by atomic mass is 15.1. The summed E-state index contributed by atoms with van der Waals surface area (Å²) in [7, 11) is 1.66. The Hall–Kier alpha value is -1.51. The third-order valence-electron chi connectivity index (χ3n) is 2.09. The third kappa shape index (κ3) is 2.76. The van der Waals surface area contributed by atoms with E-state index in [4.69, 9.17) is 5.73 Å². The van der Waals surface area contributed by atoms with Crippen LogP contribution >= 0.6 is 0 Å². The van der Waals surface area contributed by atoms with Gasteiger partial charge in [0.2, 0.25) is 0 Å². The van der Waals surface area contributed by atoms with Gasteiger partial charge in [-0.15, -0.1) is 0 Å². The van der Waals surface area contributed by atoms with E-state index in [1.54, 1.807) is 7.05 Å². The second-order valence-electron chi connectivity index (χ2n) is 3.51.